The second-order valence-corrected chi connectivity index (χ2v) is 5.54. The van der Waals surface area contributed by atoms with Gasteiger partial charge >= 0.3 is 0 Å². The largest absolute Gasteiger partial charge is 0.396 e. The van der Waals surface area contributed by atoms with Crippen LogP contribution in [0.15, 0.2) is 35.4 Å². The summed E-state index contributed by atoms with van der Waals surface area (Å²) in [6.07, 6.45) is 1.41. The summed E-state index contributed by atoms with van der Waals surface area (Å²) in [5.74, 6) is -0.554. The van der Waals surface area contributed by atoms with E-state index in [1.54, 1.807) is 0 Å². The lowest BCUT2D eigenvalue weighted by Crippen LogP contribution is -2.15. The van der Waals surface area contributed by atoms with Crippen molar-refractivity contribution in [3.63, 3.8) is 0 Å². The molecule has 0 atom stereocenters. The molecule has 0 amide bonds. The van der Waals surface area contributed by atoms with Crippen molar-refractivity contribution in [3.8, 4) is 0 Å². The third kappa shape index (κ3) is 2.79. The minimum absolute atomic E-state index is 0.0723. The second-order valence-electron chi connectivity index (χ2n) is 3.86. The smallest absolute Gasteiger partial charge is 0.263 e. The van der Waals surface area contributed by atoms with Gasteiger partial charge in [0.2, 0.25) is 0 Å². The first-order chi connectivity index (χ1) is 8.90. The van der Waals surface area contributed by atoms with Gasteiger partial charge in [0.05, 0.1) is 10.6 Å². The Hall–Kier alpha value is -2.22. The van der Waals surface area contributed by atoms with Gasteiger partial charge in [-0.2, -0.15) is 5.10 Å². The van der Waals surface area contributed by atoms with E-state index in [0.29, 0.717) is 0 Å². The summed E-state index contributed by atoms with van der Waals surface area (Å²) in [6.45, 7) is 1.44. The van der Waals surface area contributed by atoms with Gasteiger partial charge in [-0.1, -0.05) is 0 Å². The molecule has 0 aliphatic heterocycles. The molecule has 3 N–H and O–H groups in total. The summed E-state index contributed by atoms with van der Waals surface area (Å²) in [5, 5.41) is 7.16. The van der Waals surface area contributed by atoms with Crippen LogP contribution in [0.3, 0.4) is 0 Å². The van der Waals surface area contributed by atoms with Gasteiger partial charge in [0, 0.05) is 6.20 Å². The number of anilines is 2. The van der Waals surface area contributed by atoms with Gasteiger partial charge in [0.1, 0.15) is 5.82 Å². The molecule has 1 aromatic carbocycles. The number of nitrogens with one attached hydrogen (secondary N) is 1. The summed E-state index contributed by atoms with van der Waals surface area (Å²) in [5.41, 5.74) is 5.35. The number of aromatic nitrogens is 2. The summed E-state index contributed by atoms with van der Waals surface area (Å²) >= 11 is 0. The molecule has 0 bridgehead atoms. The zero-order chi connectivity index (χ0) is 14.0. The molecule has 0 saturated carbocycles. The zero-order valence-electron chi connectivity index (χ0n) is 9.96. The Morgan fingerprint density at radius 3 is 2.68 bits per heavy atom. The van der Waals surface area contributed by atoms with Gasteiger partial charge in [-0.15, -0.1) is 5.10 Å². The Kier molecular flexibility index (Phi) is 3.34. The second kappa shape index (κ2) is 4.81. The Morgan fingerprint density at radius 2 is 2.11 bits per heavy atom. The first-order valence-corrected chi connectivity index (χ1v) is 6.74. The number of hydrogen-bond acceptors (Lipinski definition) is 5. The van der Waals surface area contributed by atoms with Crippen molar-refractivity contribution < 1.29 is 12.8 Å². The van der Waals surface area contributed by atoms with E-state index in [2.05, 4.69) is 14.9 Å². The number of halogens is 1. The minimum atomic E-state index is -3.87. The molecule has 0 fully saturated rings. The van der Waals surface area contributed by atoms with Gasteiger partial charge in [-0.25, -0.2) is 12.8 Å². The Balaban J connectivity index is 2.40. The standard InChI is InChI=1S/C11H11FN4O2S/c1-7-5-8(6-9(13)11(7)12)19(17,18)16-10-3-2-4-14-15-10/h2-6H,13H2,1H3,(H,15,16). The molecule has 0 radical (unpaired) electrons. The Labute approximate surface area is 109 Å². The number of nitrogens with two attached hydrogens (primary N) is 1. The average molecular weight is 282 g/mol. The predicted octanol–water partition coefficient (Wildman–Crippen LogP) is 1.31. The van der Waals surface area contributed by atoms with Crippen molar-refractivity contribution in [1.82, 2.24) is 10.2 Å². The first kappa shape index (κ1) is 13.2. The fourth-order valence-electron chi connectivity index (χ4n) is 1.47. The third-order valence-corrected chi connectivity index (χ3v) is 3.71. The van der Waals surface area contributed by atoms with Crippen molar-refractivity contribution in [2.24, 2.45) is 0 Å². The average Bonchev–Trinajstić information content (AvgIpc) is 2.36. The molecule has 0 aliphatic carbocycles. The zero-order valence-corrected chi connectivity index (χ0v) is 10.8. The van der Waals surface area contributed by atoms with E-state index in [1.807, 2.05) is 0 Å². The van der Waals surface area contributed by atoms with E-state index in [-0.39, 0.29) is 22.0 Å². The monoisotopic (exact) mass is 282 g/mol. The van der Waals surface area contributed by atoms with Crippen LogP contribution in [0.2, 0.25) is 0 Å². The number of nitrogen functional groups attached to an aromatic ring is 1. The van der Waals surface area contributed by atoms with E-state index in [9.17, 15) is 12.8 Å². The van der Waals surface area contributed by atoms with Crippen LogP contribution in [0.1, 0.15) is 5.56 Å². The van der Waals surface area contributed by atoms with Crippen LogP contribution in [-0.2, 0) is 10.0 Å². The molecule has 6 nitrogen and oxygen atoms in total. The van der Waals surface area contributed by atoms with Crippen LogP contribution in [0.5, 0.6) is 0 Å². The molecule has 0 spiro atoms. The molecule has 0 unspecified atom stereocenters. The molecule has 19 heavy (non-hydrogen) atoms. The van der Waals surface area contributed by atoms with Crippen molar-refractivity contribution in [1.29, 1.82) is 0 Å². The fraction of sp³-hybridized carbons (Fsp3) is 0.0909. The molecule has 0 saturated heterocycles. The van der Waals surface area contributed by atoms with Crippen molar-refractivity contribution in [3.05, 3.63) is 41.8 Å². The predicted molar refractivity (Wildman–Crippen MR) is 68.4 cm³/mol. The molecule has 1 heterocycles. The molecule has 1 aromatic heterocycles. The molecular weight excluding hydrogens is 271 g/mol. The molecule has 100 valence electrons. The summed E-state index contributed by atoms with van der Waals surface area (Å²) in [4.78, 5) is -0.130. The lowest BCUT2D eigenvalue weighted by Gasteiger charge is -2.09. The Morgan fingerprint density at radius 1 is 1.37 bits per heavy atom. The molecule has 0 aliphatic rings. The molecule has 2 aromatic rings. The highest BCUT2D eigenvalue weighted by Gasteiger charge is 2.18. The molecular formula is C11H11FN4O2S. The summed E-state index contributed by atoms with van der Waals surface area (Å²) < 4.78 is 39.7. The van der Waals surface area contributed by atoms with E-state index in [4.69, 9.17) is 5.73 Å². The van der Waals surface area contributed by atoms with Gasteiger partial charge < -0.3 is 5.73 Å². The number of rotatable bonds is 3. The topological polar surface area (TPSA) is 98.0 Å². The Bertz CT molecular complexity index is 681. The third-order valence-electron chi connectivity index (χ3n) is 2.38. The SMILES string of the molecule is Cc1cc(S(=O)(=O)Nc2cccnn2)cc(N)c1F. The first-order valence-electron chi connectivity index (χ1n) is 5.26. The van der Waals surface area contributed by atoms with Crippen LogP contribution in [0, 0.1) is 12.7 Å². The maximum atomic E-state index is 13.4. The highest BCUT2D eigenvalue weighted by molar-refractivity contribution is 7.92. The quantitative estimate of drug-likeness (QED) is 0.827. The maximum Gasteiger partial charge on any atom is 0.263 e. The summed E-state index contributed by atoms with van der Waals surface area (Å²) in [7, 11) is -3.87. The van der Waals surface area contributed by atoms with Crippen LogP contribution in [-0.4, -0.2) is 18.6 Å². The molecule has 8 heteroatoms. The lowest BCUT2D eigenvalue weighted by molar-refractivity contribution is 0.599. The van der Waals surface area contributed by atoms with Gasteiger partial charge in [-0.3, -0.25) is 4.72 Å². The van der Waals surface area contributed by atoms with E-state index in [1.165, 1.54) is 31.3 Å². The van der Waals surface area contributed by atoms with Crippen molar-refractivity contribution >= 4 is 21.5 Å². The molecule has 2 rings (SSSR count). The number of nitrogens with zero attached hydrogens (tertiary/aromatic N) is 2. The van der Waals surface area contributed by atoms with Crippen LogP contribution in [0.25, 0.3) is 0 Å². The van der Waals surface area contributed by atoms with Crippen LogP contribution in [0.4, 0.5) is 15.9 Å². The lowest BCUT2D eigenvalue weighted by atomic mass is 10.2. The van der Waals surface area contributed by atoms with Gasteiger partial charge in [0.15, 0.2) is 5.82 Å². The van der Waals surface area contributed by atoms with E-state index < -0.39 is 15.8 Å². The van der Waals surface area contributed by atoms with Gasteiger partial charge in [0.25, 0.3) is 10.0 Å². The van der Waals surface area contributed by atoms with Gasteiger partial charge in [-0.05, 0) is 36.8 Å². The highest BCUT2D eigenvalue weighted by Crippen LogP contribution is 2.22. The van der Waals surface area contributed by atoms with E-state index in [0.717, 1.165) is 6.07 Å². The summed E-state index contributed by atoms with van der Waals surface area (Å²) in [6, 6.07) is 5.24. The van der Waals surface area contributed by atoms with E-state index >= 15 is 0 Å². The maximum absolute atomic E-state index is 13.4. The number of hydrogen-bond donors (Lipinski definition) is 2. The van der Waals surface area contributed by atoms with Crippen LogP contribution >= 0.6 is 0 Å². The fourth-order valence-corrected chi connectivity index (χ4v) is 2.59. The number of benzene rings is 1. The normalized spacial score (nSPS) is 11.3. The van der Waals surface area contributed by atoms with Crippen molar-refractivity contribution in [2.45, 2.75) is 11.8 Å². The van der Waals surface area contributed by atoms with Crippen molar-refractivity contribution in [2.75, 3.05) is 10.5 Å². The highest BCUT2D eigenvalue weighted by atomic mass is 32.2. The number of aryl methyl sites for hydroxylation is 1. The minimum Gasteiger partial charge on any atom is -0.396 e. The van der Waals surface area contributed by atoms with Crippen LogP contribution < -0.4 is 10.5 Å². The number of sulfonamides is 1.